The maximum Gasteiger partial charge on any atom is 0.337 e. The number of methoxy groups -OCH3 is 1. The van der Waals surface area contributed by atoms with E-state index in [1.165, 1.54) is 37.5 Å². The molecule has 0 heterocycles. The van der Waals surface area contributed by atoms with Crippen LogP contribution in [0.3, 0.4) is 0 Å². The van der Waals surface area contributed by atoms with Crippen molar-refractivity contribution in [2.75, 3.05) is 25.6 Å². The summed E-state index contributed by atoms with van der Waals surface area (Å²) in [4.78, 5) is 24.0. The summed E-state index contributed by atoms with van der Waals surface area (Å²) in [6.07, 6.45) is 1.40. The largest absolute Gasteiger partial charge is 0.490 e. The first-order chi connectivity index (χ1) is 14.9. The minimum Gasteiger partial charge on any atom is -0.490 e. The minimum absolute atomic E-state index is 0.147. The van der Waals surface area contributed by atoms with Gasteiger partial charge in [0.2, 0.25) is 0 Å². The molecule has 0 aliphatic rings. The molecule has 0 aliphatic carbocycles. The van der Waals surface area contributed by atoms with Crippen LogP contribution in [-0.4, -0.2) is 32.2 Å². The SMILES string of the molecule is CCOc1cc(/C=C(\C#N)C(=O)Nc2ccc(C(=O)OC)cc2)c(Br)cc1OCC#N. The van der Waals surface area contributed by atoms with E-state index in [0.717, 1.165) is 0 Å². The van der Waals surface area contributed by atoms with E-state index in [4.69, 9.17) is 14.7 Å². The summed E-state index contributed by atoms with van der Waals surface area (Å²) in [5.41, 5.74) is 1.11. The molecule has 0 radical (unpaired) electrons. The van der Waals surface area contributed by atoms with Crippen molar-refractivity contribution in [1.82, 2.24) is 0 Å². The van der Waals surface area contributed by atoms with Crippen LogP contribution in [0, 0.1) is 22.7 Å². The zero-order valence-corrected chi connectivity index (χ0v) is 18.4. The molecular formula is C22H18BrN3O5. The lowest BCUT2D eigenvalue weighted by Crippen LogP contribution is -2.13. The second-order valence-corrected chi connectivity index (χ2v) is 6.75. The molecule has 9 heteroatoms. The third-order valence-electron chi connectivity index (χ3n) is 3.88. The van der Waals surface area contributed by atoms with Gasteiger partial charge in [-0.25, -0.2) is 4.79 Å². The Morgan fingerprint density at radius 1 is 1.13 bits per heavy atom. The van der Waals surface area contributed by atoms with Crippen LogP contribution in [-0.2, 0) is 9.53 Å². The number of hydrogen-bond donors (Lipinski definition) is 1. The molecule has 2 rings (SSSR count). The number of halogens is 1. The Kier molecular flexibility index (Phi) is 8.62. The van der Waals surface area contributed by atoms with Gasteiger partial charge in [0.05, 0.1) is 19.3 Å². The summed E-state index contributed by atoms with van der Waals surface area (Å²) in [6.45, 7) is 2.01. The number of ether oxygens (including phenoxy) is 3. The summed E-state index contributed by atoms with van der Waals surface area (Å²) in [5, 5.41) is 20.8. The fourth-order valence-corrected chi connectivity index (χ4v) is 2.90. The standard InChI is InChI=1S/C22H18BrN3O5/c1-3-30-19-11-15(18(23)12-20(19)31-9-8-24)10-16(13-25)21(27)26-17-6-4-14(5-7-17)22(28)29-2/h4-7,10-12H,3,9H2,1-2H3,(H,26,27)/b16-10+. The van der Waals surface area contributed by atoms with Gasteiger partial charge in [-0.2, -0.15) is 10.5 Å². The fraction of sp³-hybridized carbons (Fsp3) is 0.182. The molecule has 0 spiro atoms. The average molecular weight is 484 g/mol. The Morgan fingerprint density at radius 3 is 2.39 bits per heavy atom. The first-order valence-corrected chi connectivity index (χ1v) is 9.80. The highest BCUT2D eigenvalue weighted by Crippen LogP contribution is 2.35. The van der Waals surface area contributed by atoms with E-state index < -0.39 is 11.9 Å². The van der Waals surface area contributed by atoms with Crippen molar-refractivity contribution in [1.29, 1.82) is 10.5 Å². The van der Waals surface area contributed by atoms with Gasteiger partial charge in [0.25, 0.3) is 5.91 Å². The van der Waals surface area contributed by atoms with Gasteiger partial charge in [0.1, 0.15) is 17.7 Å². The molecule has 1 amide bonds. The molecular weight excluding hydrogens is 466 g/mol. The summed E-state index contributed by atoms with van der Waals surface area (Å²) >= 11 is 3.38. The summed E-state index contributed by atoms with van der Waals surface area (Å²) in [5.74, 6) is -0.375. The maximum absolute atomic E-state index is 12.6. The number of hydrogen-bond acceptors (Lipinski definition) is 7. The lowest BCUT2D eigenvalue weighted by molar-refractivity contribution is -0.112. The van der Waals surface area contributed by atoms with E-state index in [1.54, 1.807) is 19.1 Å². The Balaban J connectivity index is 2.28. The van der Waals surface area contributed by atoms with Gasteiger partial charge in [-0.3, -0.25) is 4.79 Å². The van der Waals surface area contributed by atoms with Crippen LogP contribution >= 0.6 is 15.9 Å². The maximum atomic E-state index is 12.6. The first kappa shape index (κ1) is 23.5. The molecule has 2 aromatic carbocycles. The van der Waals surface area contributed by atoms with Crippen LogP contribution in [0.15, 0.2) is 46.4 Å². The van der Waals surface area contributed by atoms with Gasteiger partial charge in [-0.15, -0.1) is 0 Å². The highest BCUT2D eigenvalue weighted by molar-refractivity contribution is 9.10. The van der Waals surface area contributed by atoms with Crippen LogP contribution in [0.1, 0.15) is 22.8 Å². The molecule has 2 aromatic rings. The van der Waals surface area contributed by atoms with Crippen molar-refractivity contribution in [3.63, 3.8) is 0 Å². The molecule has 158 valence electrons. The smallest absolute Gasteiger partial charge is 0.337 e. The predicted octanol–water partition coefficient (Wildman–Crippen LogP) is 4.08. The van der Waals surface area contributed by atoms with E-state index >= 15 is 0 Å². The van der Waals surface area contributed by atoms with Crippen LogP contribution in [0.5, 0.6) is 11.5 Å². The average Bonchev–Trinajstić information content (AvgIpc) is 2.78. The number of rotatable bonds is 8. The molecule has 0 aliphatic heterocycles. The molecule has 0 unspecified atom stereocenters. The zero-order valence-electron chi connectivity index (χ0n) is 16.8. The van der Waals surface area contributed by atoms with Gasteiger partial charge in [-0.1, -0.05) is 15.9 Å². The topological polar surface area (TPSA) is 121 Å². The van der Waals surface area contributed by atoms with Crippen molar-refractivity contribution in [3.05, 3.63) is 57.6 Å². The van der Waals surface area contributed by atoms with E-state index in [2.05, 4.69) is 26.0 Å². The Morgan fingerprint density at radius 2 is 1.81 bits per heavy atom. The van der Waals surface area contributed by atoms with Gasteiger partial charge in [0.15, 0.2) is 18.1 Å². The van der Waals surface area contributed by atoms with Crippen LogP contribution in [0.25, 0.3) is 6.08 Å². The van der Waals surface area contributed by atoms with Crippen LogP contribution < -0.4 is 14.8 Å². The number of carbonyl (C=O) groups excluding carboxylic acids is 2. The molecule has 8 nitrogen and oxygen atoms in total. The Bertz CT molecular complexity index is 1080. The van der Waals surface area contributed by atoms with Crippen molar-refractivity contribution in [2.24, 2.45) is 0 Å². The van der Waals surface area contributed by atoms with Crippen molar-refractivity contribution in [3.8, 4) is 23.6 Å². The van der Waals surface area contributed by atoms with E-state index in [1.807, 2.05) is 12.1 Å². The summed E-state index contributed by atoms with van der Waals surface area (Å²) in [6, 6.07) is 13.0. The normalized spacial score (nSPS) is 10.4. The fourth-order valence-electron chi connectivity index (χ4n) is 2.46. The second kappa shape index (κ2) is 11.4. The number of carbonyl (C=O) groups is 2. The molecule has 0 fully saturated rings. The number of amides is 1. The third kappa shape index (κ3) is 6.33. The molecule has 0 saturated heterocycles. The first-order valence-electron chi connectivity index (χ1n) is 9.01. The Hall–Kier alpha value is -3.82. The number of nitriles is 2. The third-order valence-corrected chi connectivity index (χ3v) is 4.57. The number of nitrogens with one attached hydrogen (secondary N) is 1. The van der Waals surface area contributed by atoms with Crippen LogP contribution in [0.2, 0.25) is 0 Å². The second-order valence-electron chi connectivity index (χ2n) is 5.89. The zero-order chi connectivity index (χ0) is 22.8. The number of anilines is 1. The number of benzene rings is 2. The lowest BCUT2D eigenvalue weighted by atomic mass is 10.1. The highest BCUT2D eigenvalue weighted by atomic mass is 79.9. The predicted molar refractivity (Wildman–Crippen MR) is 116 cm³/mol. The lowest BCUT2D eigenvalue weighted by Gasteiger charge is -2.12. The van der Waals surface area contributed by atoms with Gasteiger partial charge in [-0.05, 0) is 55.0 Å². The molecule has 31 heavy (non-hydrogen) atoms. The molecule has 0 saturated carbocycles. The van der Waals surface area contributed by atoms with E-state index in [0.29, 0.717) is 39.4 Å². The quantitative estimate of drug-likeness (QED) is 0.340. The van der Waals surface area contributed by atoms with E-state index in [-0.39, 0.29) is 12.2 Å². The molecule has 1 N–H and O–H groups in total. The molecule has 0 bridgehead atoms. The summed E-state index contributed by atoms with van der Waals surface area (Å²) < 4.78 is 16.1. The van der Waals surface area contributed by atoms with Crippen molar-refractivity contribution >= 4 is 39.6 Å². The van der Waals surface area contributed by atoms with Crippen molar-refractivity contribution in [2.45, 2.75) is 6.92 Å². The highest BCUT2D eigenvalue weighted by Gasteiger charge is 2.14. The molecule has 0 aromatic heterocycles. The number of nitrogens with zero attached hydrogens (tertiary/aromatic N) is 2. The number of esters is 1. The monoisotopic (exact) mass is 483 g/mol. The van der Waals surface area contributed by atoms with Gasteiger partial charge < -0.3 is 19.5 Å². The van der Waals surface area contributed by atoms with E-state index in [9.17, 15) is 14.9 Å². The van der Waals surface area contributed by atoms with Crippen LogP contribution in [0.4, 0.5) is 5.69 Å². The molecule has 0 atom stereocenters. The Labute approximate surface area is 187 Å². The van der Waals surface area contributed by atoms with Crippen molar-refractivity contribution < 1.29 is 23.8 Å². The summed E-state index contributed by atoms with van der Waals surface area (Å²) in [7, 11) is 1.28. The minimum atomic E-state index is -0.622. The van der Waals surface area contributed by atoms with Gasteiger partial charge in [0, 0.05) is 10.2 Å². The van der Waals surface area contributed by atoms with Gasteiger partial charge >= 0.3 is 5.97 Å².